The fourth-order valence-electron chi connectivity index (χ4n) is 1.25. The average molecular weight is 224 g/mol. The van der Waals surface area contributed by atoms with Crippen molar-refractivity contribution in [2.75, 3.05) is 6.54 Å². The lowest BCUT2D eigenvalue weighted by atomic mass is 10.1. The summed E-state index contributed by atoms with van der Waals surface area (Å²) in [4.78, 5) is 2.66. The standard InChI is InChI=1S/C13H12N4/c14-11-13(7-4-10-16-17-15)9-8-12-5-2-1-3-6-12/h1-3,5-6,8H,4,7,10H2. The van der Waals surface area contributed by atoms with E-state index in [1.807, 2.05) is 30.3 Å². The molecule has 0 heterocycles. The molecule has 0 atom stereocenters. The Kier molecular flexibility index (Phi) is 5.77. The van der Waals surface area contributed by atoms with E-state index in [4.69, 9.17) is 10.8 Å². The Morgan fingerprint density at radius 2 is 2.18 bits per heavy atom. The molecule has 0 aliphatic rings. The molecule has 0 saturated carbocycles. The average Bonchev–Trinajstić information content (AvgIpc) is 2.39. The van der Waals surface area contributed by atoms with Crippen LogP contribution in [-0.2, 0) is 0 Å². The van der Waals surface area contributed by atoms with E-state index in [2.05, 4.69) is 21.8 Å². The minimum atomic E-state index is 0.411. The molecule has 0 aromatic heterocycles. The van der Waals surface area contributed by atoms with Crippen LogP contribution in [0.1, 0.15) is 18.4 Å². The maximum absolute atomic E-state index is 8.89. The second-order valence-electron chi connectivity index (χ2n) is 3.35. The SMILES string of the molecule is N#CC(=C=Cc1ccccc1)CCCN=[N+]=[N-]. The summed E-state index contributed by atoms with van der Waals surface area (Å²) < 4.78 is 0. The van der Waals surface area contributed by atoms with Crippen LogP contribution in [0.3, 0.4) is 0 Å². The molecule has 0 N–H and O–H groups in total. The zero-order chi connectivity index (χ0) is 12.3. The second kappa shape index (κ2) is 7.78. The van der Waals surface area contributed by atoms with Crippen molar-refractivity contribution in [3.63, 3.8) is 0 Å². The molecule has 0 spiro atoms. The predicted octanol–water partition coefficient (Wildman–Crippen LogP) is 3.84. The molecule has 1 aromatic rings. The summed E-state index contributed by atoms with van der Waals surface area (Å²) in [6.07, 6.45) is 3.04. The summed E-state index contributed by atoms with van der Waals surface area (Å²) in [6, 6.07) is 11.8. The highest BCUT2D eigenvalue weighted by atomic mass is 15.1. The third-order valence-corrected chi connectivity index (χ3v) is 2.10. The number of benzene rings is 1. The summed E-state index contributed by atoms with van der Waals surface area (Å²) in [7, 11) is 0. The topological polar surface area (TPSA) is 72.5 Å². The van der Waals surface area contributed by atoms with Crippen LogP contribution >= 0.6 is 0 Å². The molecule has 1 aromatic carbocycles. The Hall–Kier alpha value is -2.46. The lowest BCUT2D eigenvalue weighted by Gasteiger charge is -1.92. The smallest absolute Gasteiger partial charge is 0.103 e. The van der Waals surface area contributed by atoms with Crippen LogP contribution in [-0.4, -0.2) is 6.54 Å². The fraction of sp³-hybridized carbons (Fsp3) is 0.231. The predicted molar refractivity (Wildman–Crippen MR) is 66.8 cm³/mol. The molecule has 0 saturated heterocycles. The van der Waals surface area contributed by atoms with Gasteiger partial charge < -0.3 is 0 Å². The molecule has 4 nitrogen and oxygen atoms in total. The molecular weight excluding hydrogens is 212 g/mol. The molecule has 0 unspecified atom stereocenters. The van der Waals surface area contributed by atoms with Crippen LogP contribution in [0.5, 0.6) is 0 Å². The van der Waals surface area contributed by atoms with E-state index in [0.717, 1.165) is 5.56 Å². The van der Waals surface area contributed by atoms with Crippen LogP contribution in [0.25, 0.3) is 16.5 Å². The molecule has 0 aliphatic heterocycles. The lowest BCUT2D eigenvalue weighted by molar-refractivity contribution is 0.833. The summed E-state index contributed by atoms with van der Waals surface area (Å²) in [6.45, 7) is 0.411. The minimum Gasteiger partial charge on any atom is -0.192 e. The molecule has 0 bridgehead atoms. The van der Waals surface area contributed by atoms with Gasteiger partial charge in [-0.25, -0.2) is 0 Å². The summed E-state index contributed by atoms with van der Waals surface area (Å²) in [5.74, 6) is 0. The van der Waals surface area contributed by atoms with Crippen molar-refractivity contribution < 1.29 is 0 Å². The van der Waals surface area contributed by atoms with Gasteiger partial charge in [0.2, 0.25) is 0 Å². The molecule has 1 rings (SSSR count). The van der Waals surface area contributed by atoms with Crippen molar-refractivity contribution in [3.8, 4) is 6.07 Å². The highest BCUT2D eigenvalue weighted by Gasteiger charge is 1.93. The third kappa shape index (κ3) is 5.25. The first-order valence-electron chi connectivity index (χ1n) is 5.28. The van der Waals surface area contributed by atoms with Gasteiger partial charge in [-0.2, -0.15) is 5.26 Å². The van der Waals surface area contributed by atoms with Gasteiger partial charge in [0, 0.05) is 11.5 Å². The summed E-state index contributed by atoms with van der Waals surface area (Å²) in [5.41, 5.74) is 12.6. The minimum absolute atomic E-state index is 0.411. The second-order valence-corrected chi connectivity index (χ2v) is 3.35. The molecule has 0 radical (unpaired) electrons. The number of allylic oxidation sites excluding steroid dienone is 1. The molecule has 0 amide bonds. The Labute approximate surface area is 100 Å². The van der Waals surface area contributed by atoms with Crippen LogP contribution in [0, 0.1) is 11.3 Å². The van der Waals surface area contributed by atoms with Crippen molar-refractivity contribution in [1.82, 2.24) is 0 Å². The van der Waals surface area contributed by atoms with E-state index in [9.17, 15) is 0 Å². The Bertz CT molecular complexity index is 498. The molecule has 0 fully saturated rings. The van der Waals surface area contributed by atoms with Crippen molar-refractivity contribution in [2.45, 2.75) is 12.8 Å². The van der Waals surface area contributed by atoms with Gasteiger partial charge in [-0.05, 0) is 30.0 Å². The van der Waals surface area contributed by atoms with Gasteiger partial charge in [0.25, 0.3) is 0 Å². The van der Waals surface area contributed by atoms with Gasteiger partial charge in [-0.3, -0.25) is 0 Å². The van der Waals surface area contributed by atoms with E-state index < -0.39 is 0 Å². The molecule has 0 aliphatic carbocycles. The van der Waals surface area contributed by atoms with Gasteiger partial charge in [-0.15, -0.1) is 5.73 Å². The number of rotatable bonds is 5. The molecule has 4 heteroatoms. The van der Waals surface area contributed by atoms with Gasteiger partial charge in [0.1, 0.15) is 6.07 Å². The van der Waals surface area contributed by atoms with Crippen LogP contribution in [0.15, 0.2) is 46.8 Å². The first-order valence-corrected chi connectivity index (χ1v) is 5.28. The molecule has 17 heavy (non-hydrogen) atoms. The van der Waals surface area contributed by atoms with E-state index in [0.29, 0.717) is 25.0 Å². The fourth-order valence-corrected chi connectivity index (χ4v) is 1.25. The highest BCUT2D eigenvalue weighted by Crippen LogP contribution is 2.05. The van der Waals surface area contributed by atoms with E-state index in [-0.39, 0.29) is 0 Å². The number of hydrogen-bond acceptors (Lipinski definition) is 2. The van der Waals surface area contributed by atoms with E-state index >= 15 is 0 Å². The zero-order valence-corrected chi connectivity index (χ0v) is 9.37. The monoisotopic (exact) mass is 224 g/mol. The molecular formula is C13H12N4. The molecule has 84 valence electrons. The van der Waals surface area contributed by atoms with Crippen molar-refractivity contribution in [3.05, 3.63) is 57.6 Å². The van der Waals surface area contributed by atoms with Gasteiger partial charge in [-0.1, -0.05) is 35.4 Å². The maximum Gasteiger partial charge on any atom is 0.103 e. The van der Waals surface area contributed by atoms with E-state index in [1.165, 1.54) is 0 Å². The van der Waals surface area contributed by atoms with E-state index in [1.54, 1.807) is 6.08 Å². The Balaban J connectivity index is 2.64. The maximum atomic E-state index is 8.89. The number of hydrogen-bond donors (Lipinski definition) is 0. The highest BCUT2D eigenvalue weighted by molar-refractivity contribution is 5.49. The first-order chi connectivity index (χ1) is 8.36. The van der Waals surface area contributed by atoms with Gasteiger partial charge >= 0.3 is 0 Å². The largest absolute Gasteiger partial charge is 0.192 e. The van der Waals surface area contributed by atoms with Crippen LogP contribution in [0.4, 0.5) is 0 Å². The quantitative estimate of drug-likeness (QED) is 0.187. The zero-order valence-electron chi connectivity index (χ0n) is 9.37. The summed E-state index contributed by atoms with van der Waals surface area (Å²) in [5, 5.41) is 12.3. The van der Waals surface area contributed by atoms with Crippen LogP contribution in [0.2, 0.25) is 0 Å². The van der Waals surface area contributed by atoms with Gasteiger partial charge in [0.15, 0.2) is 0 Å². The van der Waals surface area contributed by atoms with Gasteiger partial charge in [0.05, 0.1) is 5.57 Å². The van der Waals surface area contributed by atoms with Crippen molar-refractivity contribution in [1.29, 1.82) is 5.26 Å². The van der Waals surface area contributed by atoms with Crippen molar-refractivity contribution in [2.24, 2.45) is 5.11 Å². The normalized spacial score (nSPS) is 8.41. The Morgan fingerprint density at radius 1 is 1.41 bits per heavy atom. The Morgan fingerprint density at radius 3 is 2.82 bits per heavy atom. The van der Waals surface area contributed by atoms with Crippen LogP contribution < -0.4 is 0 Å². The lowest BCUT2D eigenvalue weighted by Crippen LogP contribution is -1.82. The van der Waals surface area contributed by atoms with Crippen molar-refractivity contribution >= 4 is 6.08 Å². The third-order valence-electron chi connectivity index (χ3n) is 2.10. The number of nitrogens with zero attached hydrogens (tertiary/aromatic N) is 4. The number of azide groups is 1. The summed E-state index contributed by atoms with van der Waals surface area (Å²) >= 11 is 0. The number of nitriles is 1. The first kappa shape index (κ1) is 12.6.